The van der Waals surface area contributed by atoms with Gasteiger partial charge in [-0.1, -0.05) is 0 Å². The molecule has 0 aromatic carbocycles. The quantitative estimate of drug-likeness (QED) is 0.624. The molecule has 3 aromatic rings. The normalized spacial score (nSPS) is 14.4. The lowest BCUT2D eigenvalue weighted by Gasteiger charge is -2.14. The standard InChI is InChI=1S/C16H15FN6O2/c1-21-11-9-19-13(10-4-5-12(17)18-8-10)20-14(11)23(15(21)24)16(25)22-6-2-3-7-22/h4-5,8-9H,2-3,6-7H2,1H3. The summed E-state index contributed by atoms with van der Waals surface area (Å²) in [5, 5.41) is 0. The van der Waals surface area contributed by atoms with Crippen molar-refractivity contribution in [1.82, 2.24) is 29.0 Å². The third-order valence-electron chi connectivity index (χ3n) is 4.35. The molecule has 1 amide bonds. The summed E-state index contributed by atoms with van der Waals surface area (Å²) in [6.45, 7) is 1.25. The molecule has 8 nitrogen and oxygen atoms in total. The Balaban J connectivity index is 1.88. The first-order valence-electron chi connectivity index (χ1n) is 7.92. The van der Waals surface area contributed by atoms with Crippen molar-refractivity contribution in [1.29, 1.82) is 0 Å². The van der Waals surface area contributed by atoms with Crippen LogP contribution in [-0.4, -0.2) is 48.1 Å². The smallest absolute Gasteiger partial charge is 0.324 e. The topological polar surface area (TPSA) is 85.9 Å². The number of pyridine rings is 1. The summed E-state index contributed by atoms with van der Waals surface area (Å²) >= 11 is 0. The van der Waals surface area contributed by atoms with E-state index in [1.54, 1.807) is 11.9 Å². The van der Waals surface area contributed by atoms with E-state index in [0.717, 1.165) is 17.4 Å². The number of aryl methyl sites for hydroxylation is 1. The Hall–Kier alpha value is -3.10. The van der Waals surface area contributed by atoms with E-state index in [1.807, 2.05) is 0 Å². The van der Waals surface area contributed by atoms with Crippen molar-refractivity contribution in [2.75, 3.05) is 13.1 Å². The molecule has 0 unspecified atom stereocenters. The summed E-state index contributed by atoms with van der Waals surface area (Å²) in [5.41, 5.74) is 0.727. The highest BCUT2D eigenvalue weighted by atomic mass is 19.1. The SMILES string of the molecule is Cn1c(=O)n(C(=O)N2CCCC2)c2nc(-c3ccc(F)nc3)ncc21. The Morgan fingerprint density at radius 2 is 1.92 bits per heavy atom. The van der Waals surface area contributed by atoms with Crippen LogP contribution in [0.1, 0.15) is 12.8 Å². The maximum absolute atomic E-state index is 13.0. The maximum atomic E-state index is 13.0. The highest BCUT2D eigenvalue weighted by Gasteiger charge is 2.25. The van der Waals surface area contributed by atoms with Crippen LogP contribution >= 0.6 is 0 Å². The number of hydrogen-bond donors (Lipinski definition) is 0. The van der Waals surface area contributed by atoms with Crippen molar-refractivity contribution in [2.24, 2.45) is 7.05 Å². The number of halogens is 1. The summed E-state index contributed by atoms with van der Waals surface area (Å²) < 4.78 is 15.4. The molecule has 0 bridgehead atoms. The Labute approximate surface area is 141 Å². The Bertz CT molecular complexity index is 1020. The largest absolute Gasteiger partial charge is 0.338 e. The van der Waals surface area contributed by atoms with Gasteiger partial charge in [0.05, 0.1) is 6.20 Å². The van der Waals surface area contributed by atoms with Crippen LogP contribution in [0, 0.1) is 5.95 Å². The zero-order valence-electron chi connectivity index (χ0n) is 13.5. The number of carbonyl (C=O) groups is 1. The van der Waals surface area contributed by atoms with Gasteiger partial charge in [0, 0.05) is 31.9 Å². The van der Waals surface area contributed by atoms with E-state index in [9.17, 15) is 14.0 Å². The summed E-state index contributed by atoms with van der Waals surface area (Å²) in [6, 6.07) is 2.32. The molecular weight excluding hydrogens is 327 g/mol. The number of nitrogens with zero attached hydrogens (tertiary/aromatic N) is 6. The molecule has 0 saturated carbocycles. The average Bonchev–Trinajstić information content (AvgIpc) is 3.23. The van der Waals surface area contributed by atoms with Gasteiger partial charge in [-0.2, -0.15) is 8.96 Å². The molecule has 0 N–H and O–H groups in total. The monoisotopic (exact) mass is 342 g/mol. The van der Waals surface area contributed by atoms with Crippen LogP contribution < -0.4 is 5.69 Å². The van der Waals surface area contributed by atoms with Gasteiger partial charge in [0.2, 0.25) is 5.95 Å². The van der Waals surface area contributed by atoms with Crippen molar-refractivity contribution in [3.05, 3.63) is 41.0 Å². The number of likely N-dealkylation sites (tertiary alicyclic amines) is 1. The van der Waals surface area contributed by atoms with Crippen LogP contribution in [0.25, 0.3) is 22.6 Å². The van der Waals surface area contributed by atoms with Gasteiger partial charge >= 0.3 is 11.7 Å². The Morgan fingerprint density at radius 1 is 1.16 bits per heavy atom. The number of aromatic nitrogens is 5. The molecule has 1 aliphatic heterocycles. The van der Waals surface area contributed by atoms with Gasteiger partial charge in [-0.3, -0.25) is 4.57 Å². The van der Waals surface area contributed by atoms with Crippen molar-refractivity contribution < 1.29 is 9.18 Å². The Kier molecular flexibility index (Phi) is 3.56. The second-order valence-electron chi connectivity index (χ2n) is 5.93. The van der Waals surface area contributed by atoms with Gasteiger partial charge in [-0.25, -0.2) is 24.5 Å². The fourth-order valence-electron chi connectivity index (χ4n) is 2.98. The highest BCUT2D eigenvalue weighted by Crippen LogP contribution is 2.18. The van der Waals surface area contributed by atoms with E-state index in [1.165, 1.54) is 29.1 Å². The zero-order chi connectivity index (χ0) is 17.6. The van der Waals surface area contributed by atoms with Gasteiger partial charge < -0.3 is 4.90 Å². The van der Waals surface area contributed by atoms with Gasteiger partial charge in [-0.05, 0) is 25.0 Å². The van der Waals surface area contributed by atoms with Crippen LogP contribution in [-0.2, 0) is 7.05 Å². The predicted molar refractivity (Wildman–Crippen MR) is 87.6 cm³/mol. The van der Waals surface area contributed by atoms with Crippen molar-refractivity contribution in [2.45, 2.75) is 12.8 Å². The van der Waals surface area contributed by atoms with Gasteiger partial charge in [0.25, 0.3) is 0 Å². The number of rotatable bonds is 1. The van der Waals surface area contributed by atoms with E-state index in [-0.39, 0.29) is 17.5 Å². The third-order valence-corrected chi connectivity index (χ3v) is 4.35. The summed E-state index contributed by atoms with van der Waals surface area (Å²) in [6.07, 6.45) is 4.64. The molecule has 0 atom stereocenters. The van der Waals surface area contributed by atoms with Gasteiger partial charge in [0.1, 0.15) is 5.52 Å². The van der Waals surface area contributed by atoms with Gasteiger partial charge in [0.15, 0.2) is 11.5 Å². The van der Waals surface area contributed by atoms with Crippen LogP contribution in [0.2, 0.25) is 0 Å². The fourth-order valence-corrected chi connectivity index (χ4v) is 2.98. The molecule has 9 heteroatoms. The lowest BCUT2D eigenvalue weighted by atomic mass is 10.2. The van der Waals surface area contributed by atoms with Crippen LogP contribution in [0.4, 0.5) is 9.18 Å². The number of hydrogen-bond acceptors (Lipinski definition) is 5. The molecule has 1 saturated heterocycles. The van der Waals surface area contributed by atoms with E-state index in [4.69, 9.17) is 0 Å². The first-order chi connectivity index (χ1) is 12.1. The molecule has 4 heterocycles. The lowest BCUT2D eigenvalue weighted by Crippen LogP contribution is -2.38. The van der Waals surface area contributed by atoms with E-state index in [0.29, 0.717) is 24.2 Å². The molecule has 0 radical (unpaired) electrons. The van der Waals surface area contributed by atoms with Gasteiger partial charge in [-0.15, -0.1) is 0 Å². The van der Waals surface area contributed by atoms with Crippen molar-refractivity contribution in [3.63, 3.8) is 0 Å². The van der Waals surface area contributed by atoms with Crippen LogP contribution in [0.15, 0.2) is 29.3 Å². The number of carbonyl (C=O) groups excluding carboxylic acids is 1. The van der Waals surface area contributed by atoms with E-state index < -0.39 is 11.6 Å². The maximum Gasteiger partial charge on any atom is 0.338 e. The van der Waals surface area contributed by atoms with Crippen LogP contribution in [0.3, 0.4) is 0 Å². The number of fused-ring (bicyclic) bond motifs is 1. The van der Waals surface area contributed by atoms with Crippen LogP contribution in [0.5, 0.6) is 0 Å². The summed E-state index contributed by atoms with van der Waals surface area (Å²) in [4.78, 5) is 39.1. The lowest BCUT2D eigenvalue weighted by molar-refractivity contribution is 0.210. The first-order valence-corrected chi connectivity index (χ1v) is 7.92. The molecule has 3 aromatic heterocycles. The molecule has 1 fully saturated rings. The molecule has 4 rings (SSSR count). The predicted octanol–water partition coefficient (Wildman–Crippen LogP) is 1.40. The minimum atomic E-state index is -0.606. The molecule has 0 aliphatic carbocycles. The molecule has 128 valence electrons. The number of imidazole rings is 1. The molecule has 0 spiro atoms. The third kappa shape index (κ3) is 2.48. The minimum absolute atomic E-state index is 0.235. The zero-order valence-corrected chi connectivity index (χ0v) is 13.5. The summed E-state index contributed by atoms with van der Waals surface area (Å²) in [5.74, 6) is -0.334. The molecular formula is C16H15FN6O2. The molecule has 1 aliphatic rings. The van der Waals surface area contributed by atoms with Crippen molar-refractivity contribution >= 4 is 17.2 Å². The fraction of sp³-hybridized carbons (Fsp3) is 0.312. The number of amides is 1. The minimum Gasteiger partial charge on any atom is -0.324 e. The second kappa shape index (κ2) is 5.76. The summed E-state index contributed by atoms with van der Waals surface area (Å²) in [7, 11) is 1.57. The van der Waals surface area contributed by atoms with Crippen molar-refractivity contribution in [3.8, 4) is 11.4 Å². The first kappa shape index (κ1) is 15.4. The highest BCUT2D eigenvalue weighted by molar-refractivity contribution is 5.87. The Morgan fingerprint density at radius 3 is 2.60 bits per heavy atom. The molecule has 25 heavy (non-hydrogen) atoms. The van der Waals surface area contributed by atoms with E-state index >= 15 is 0 Å². The second-order valence-corrected chi connectivity index (χ2v) is 5.93. The van der Waals surface area contributed by atoms with E-state index in [2.05, 4.69) is 15.0 Å². The average molecular weight is 342 g/mol.